The van der Waals surface area contributed by atoms with Crippen LogP contribution in [-0.2, 0) is 24.1 Å². The number of hydrogen-bond acceptors (Lipinski definition) is 4. The monoisotopic (exact) mass is 526 g/mol. The fraction of sp³-hybridized carbons (Fsp3) is 0.625. The molecule has 2 rings (SSSR count). The number of allylic oxidation sites excluding steroid dienone is 2. The molecule has 0 N–H and O–H groups in total. The quantitative estimate of drug-likeness (QED) is 0.0607. The van der Waals surface area contributed by atoms with Crippen LogP contribution in [0.3, 0.4) is 0 Å². The highest BCUT2D eigenvalue weighted by Crippen LogP contribution is 2.43. The average molecular weight is 527 g/mol. The van der Waals surface area contributed by atoms with E-state index in [0.29, 0.717) is 37.2 Å². The first-order valence-corrected chi connectivity index (χ1v) is 17.5. The summed E-state index contributed by atoms with van der Waals surface area (Å²) in [5.74, 6) is 1.19. The SMILES string of the molecule is C=CCCCC(=C=C(OCC)O[Si](C)(C)C)CCC(=O)O[C@H]1C[C@@H](C(C)(C)c2ccccc2)CC[C@@H]1C. The molecule has 1 fully saturated rings. The van der Waals surface area contributed by atoms with Crippen molar-refractivity contribution in [1.29, 1.82) is 0 Å². The second-order valence-corrected chi connectivity index (χ2v) is 16.4. The maximum atomic E-state index is 13.0. The molecule has 5 heteroatoms. The second kappa shape index (κ2) is 14.6. The molecule has 4 nitrogen and oxygen atoms in total. The van der Waals surface area contributed by atoms with Crippen LogP contribution in [-0.4, -0.2) is 27.0 Å². The van der Waals surface area contributed by atoms with E-state index in [0.717, 1.165) is 44.1 Å². The zero-order valence-electron chi connectivity index (χ0n) is 24.4. The third-order valence-electron chi connectivity index (χ3n) is 7.41. The third-order valence-corrected chi connectivity index (χ3v) is 8.21. The van der Waals surface area contributed by atoms with Gasteiger partial charge in [-0.1, -0.05) is 57.2 Å². The predicted molar refractivity (Wildman–Crippen MR) is 156 cm³/mol. The van der Waals surface area contributed by atoms with Gasteiger partial charge in [0.1, 0.15) is 6.10 Å². The smallest absolute Gasteiger partial charge is 0.313 e. The lowest BCUT2D eigenvalue weighted by atomic mass is 9.65. The molecule has 3 atom stereocenters. The van der Waals surface area contributed by atoms with Crippen LogP contribution in [0.25, 0.3) is 0 Å². The summed E-state index contributed by atoms with van der Waals surface area (Å²) in [5, 5.41) is 0. The van der Waals surface area contributed by atoms with Gasteiger partial charge in [0.25, 0.3) is 0 Å². The molecule has 0 spiro atoms. The average Bonchev–Trinajstić information content (AvgIpc) is 2.83. The summed E-state index contributed by atoms with van der Waals surface area (Å²) in [6.45, 7) is 19.5. The molecule has 0 bridgehead atoms. The topological polar surface area (TPSA) is 44.8 Å². The van der Waals surface area contributed by atoms with Gasteiger partial charge >= 0.3 is 11.9 Å². The molecule has 0 saturated heterocycles. The Hall–Kier alpha value is -2.23. The minimum atomic E-state index is -1.84. The summed E-state index contributed by atoms with van der Waals surface area (Å²) in [7, 11) is -1.84. The summed E-state index contributed by atoms with van der Waals surface area (Å²) < 4.78 is 18.0. The molecule has 0 aromatic heterocycles. The lowest BCUT2D eigenvalue weighted by Crippen LogP contribution is -2.39. The molecule has 1 saturated carbocycles. The Morgan fingerprint density at radius 3 is 2.46 bits per heavy atom. The van der Waals surface area contributed by atoms with Crippen molar-refractivity contribution in [2.45, 2.75) is 110 Å². The molecule has 0 radical (unpaired) electrons. The maximum absolute atomic E-state index is 13.0. The van der Waals surface area contributed by atoms with Gasteiger partial charge in [-0.05, 0) is 106 Å². The van der Waals surface area contributed by atoms with Crippen LogP contribution in [0.1, 0.15) is 84.6 Å². The van der Waals surface area contributed by atoms with E-state index in [1.807, 2.05) is 13.0 Å². The van der Waals surface area contributed by atoms with Gasteiger partial charge in [-0.2, -0.15) is 0 Å². The first-order chi connectivity index (χ1) is 17.5. The Balaban J connectivity index is 2.08. The molecule has 1 aliphatic carbocycles. The predicted octanol–water partition coefficient (Wildman–Crippen LogP) is 8.70. The van der Waals surface area contributed by atoms with Crippen molar-refractivity contribution in [3.63, 3.8) is 0 Å². The number of carbonyl (C=O) groups excluding carboxylic acids is 1. The molecule has 1 aromatic carbocycles. The van der Waals surface area contributed by atoms with Gasteiger partial charge in [-0.15, -0.1) is 6.58 Å². The molecule has 1 aromatic rings. The standard InChI is InChI=1S/C32H50O4Si/c1-9-11-13-16-26(23-31(34-10-2)36-37(6,7)8)20-22-30(33)35-29-24-28(21-19-25(29)3)32(4,5)27-17-14-12-15-18-27/h9,12,14-15,17-18,25,28-29H,1,10-11,13,16,19-22,24H2,2-8H3/t23?,25-,28-,29-/m0/s1. The van der Waals surface area contributed by atoms with Crippen molar-refractivity contribution in [3.05, 3.63) is 65.8 Å². The Morgan fingerprint density at radius 2 is 1.84 bits per heavy atom. The second-order valence-electron chi connectivity index (χ2n) is 11.9. The van der Waals surface area contributed by atoms with Crippen LogP contribution >= 0.6 is 0 Å². The van der Waals surface area contributed by atoms with E-state index in [9.17, 15) is 4.79 Å². The van der Waals surface area contributed by atoms with E-state index in [1.165, 1.54) is 5.56 Å². The molecule has 0 unspecified atom stereocenters. The lowest BCUT2D eigenvalue weighted by Gasteiger charge is -2.42. The highest BCUT2D eigenvalue weighted by Gasteiger charge is 2.39. The van der Waals surface area contributed by atoms with Gasteiger partial charge in [-0.3, -0.25) is 4.79 Å². The molecule has 1 aliphatic rings. The zero-order chi connectivity index (χ0) is 27.5. The van der Waals surface area contributed by atoms with Gasteiger partial charge in [0.2, 0.25) is 8.32 Å². The van der Waals surface area contributed by atoms with Crippen molar-refractivity contribution in [2.75, 3.05) is 6.61 Å². The number of esters is 1. The van der Waals surface area contributed by atoms with Crippen LogP contribution in [0.4, 0.5) is 0 Å². The van der Waals surface area contributed by atoms with Gasteiger partial charge in [0.15, 0.2) is 0 Å². The normalized spacial score (nSPS) is 19.9. The maximum Gasteiger partial charge on any atom is 0.313 e. The van der Waals surface area contributed by atoms with Crippen molar-refractivity contribution in [1.82, 2.24) is 0 Å². The lowest BCUT2D eigenvalue weighted by molar-refractivity contribution is -0.155. The van der Waals surface area contributed by atoms with Gasteiger partial charge in [0.05, 0.1) is 6.61 Å². The fourth-order valence-electron chi connectivity index (χ4n) is 5.04. The van der Waals surface area contributed by atoms with E-state index >= 15 is 0 Å². The highest BCUT2D eigenvalue weighted by molar-refractivity contribution is 6.70. The third kappa shape index (κ3) is 10.6. The van der Waals surface area contributed by atoms with Crippen molar-refractivity contribution < 1.29 is 18.7 Å². The molecule has 0 aliphatic heterocycles. The number of carbonyl (C=O) groups is 1. The fourth-order valence-corrected chi connectivity index (χ4v) is 5.70. The number of unbranched alkanes of at least 4 members (excludes halogenated alkanes) is 1. The molecular formula is C32H50O4Si. The van der Waals surface area contributed by atoms with Crippen LogP contribution in [0.2, 0.25) is 19.6 Å². The summed E-state index contributed by atoms with van der Waals surface area (Å²) >= 11 is 0. The molecule has 0 heterocycles. The first-order valence-electron chi connectivity index (χ1n) is 14.1. The summed E-state index contributed by atoms with van der Waals surface area (Å²) in [4.78, 5) is 13.0. The largest absolute Gasteiger partial charge is 0.514 e. The summed E-state index contributed by atoms with van der Waals surface area (Å²) in [5.41, 5.74) is 5.81. The number of rotatable bonds is 14. The van der Waals surface area contributed by atoms with Crippen molar-refractivity contribution >= 4 is 14.3 Å². The molecule has 206 valence electrons. The molecular weight excluding hydrogens is 476 g/mol. The first kappa shape index (κ1) is 31.0. The minimum Gasteiger partial charge on any atom is -0.514 e. The Kier molecular flexibility index (Phi) is 12.3. The summed E-state index contributed by atoms with van der Waals surface area (Å²) in [6.07, 6.45) is 8.71. The van der Waals surface area contributed by atoms with Crippen LogP contribution < -0.4 is 0 Å². The number of benzene rings is 1. The van der Waals surface area contributed by atoms with E-state index in [4.69, 9.17) is 13.9 Å². The Labute approximate surface area is 227 Å². The van der Waals surface area contributed by atoms with Crippen molar-refractivity contribution in [3.8, 4) is 0 Å². The van der Waals surface area contributed by atoms with Crippen LogP contribution in [0, 0.1) is 11.8 Å². The summed E-state index contributed by atoms with van der Waals surface area (Å²) in [6, 6.07) is 10.7. The van der Waals surface area contributed by atoms with Gasteiger partial charge in [-0.25, -0.2) is 0 Å². The van der Waals surface area contributed by atoms with E-state index in [-0.39, 0.29) is 17.5 Å². The molecule has 37 heavy (non-hydrogen) atoms. The van der Waals surface area contributed by atoms with Crippen molar-refractivity contribution in [2.24, 2.45) is 11.8 Å². The number of ether oxygens (including phenoxy) is 2. The molecule has 0 amide bonds. The minimum absolute atomic E-state index is 0.0350. The van der Waals surface area contributed by atoms with E-state index < -0.39 is 8.32 Å². The Bertz CT molecular complexity index is 922. The highest BCUT2D eigenvalue weighted by atomic mass is 28.4. The Morgan fingerprint density at radius 1 is 1.14 bits per heavy atom. The van der Waals surface area contributed by atoms with Crippen LogP contribution in [0.5, 0.6) is 0 Å². The van der Waals surface area contributed by atoms with E-state index in [2.05, 4.69) is 83.1 Å². The zero-order valence-corrected chi connectivity index (χ0v) is 25.4. The van der Waals surface area contributed by atoms with Gasteiger partial charge < -0.3 is 13.9 Å². The van der Waals surface area contributed by atoms with Crippen LogP contribution in [0.15, 0.2) is 60.2 Å². The van der Waals surface area contributed by atoms with E-state index in [1.54, 1.807) is 0 Å². The number of hydrogen-bond donors (Lipinski definition) is 0. The van der Waals surface area contributed by atoms with Gasteiger partial charge in [0, 0.05) is 6.42 Å².